The third kappa shape index (κ3) is 7.46. The number of hydrogen-bond acceptors (Lipinski definition) is 4. The number of aryl methyl sites for hydroxylation is 1. The lowest BCUT2D eigenvalue weighted by molar-refractivity contribution is -0.139. The summed E-state index contributed by atoms with van der Waals surface area (Å²) in [7, 11) is -3.08. The van der Waals surface area contributed by atoms with Crippen molar-refractivity contribution in [3.63, 3.8) is 0 Å². The standard InChI is InChI=1S/C23H21Cl2F3N2O4S/c1-13-6-14(3-5-20(23(26,27)28)15-7-16(24)9-17(25)8-15)2-4-19(13)22(32)29-10-21(31)30-18-11-35(33,34)12-18/h2-9,18,20H,10-12H2,1H3,(H,29,32)(H,30,31)/b5-3+. The third-order valence-corrected chi connectivity index (χ3v) is 7.51. The summed E-state index contributed by atoms with van der Waals surface area (Å²) in [4.78, 5) is 24.3. The molecule has 3 rings (SSSR count). The van der Waals surface area contributed by atoms with Crippen molar-refractivity contribution in [1.82, 2.24) is 10.6 Å². The Labute approximate surface area is 210 Å². The first-order valence-corrected chi connectivity index (χ1v) is 12.9. The van der Waals surface area contributed by atoms with Gasteiger partial charge in [-0.1, -0.05) is 47.5 Å². The molecule has 1 aliphatic rings. The average molecular weight is 549 g/mol. The molecule has 0 bridgehead atoms. The Bertz CT molecular complexity index is 1250. The molecule has 0 aromatic heterocycles. The number of hydrogen-bond donors (Lipinski definition) is 2. The maximum Gasteiger partial charge on any atom is 0.399 e. The SMILES string of the molecule is Cc1cc(/C=C/C(c2cc(Cl)cc(Cl)c2)C(F)(F)F)ccc1C(=O)NCC(=O)NC1CS(=O)(=O)C1. The van der Waals surface area contributed by atoms with Crippen LogP contribution in [0.4, 0.5) is 13.2 Å². The highest BCUT2D eigenvalue weighted by molar-refractivity contribution is 7.92. The first-order chi connectivity index (χ1) is 16.2. The normalized spacial score (nSPS) is 16.5. The number of alkyl halides is 3. The summed E-state index contributed by atoms with van der Waals surface area (Å²) in [5, 5.41) is 5.14. The van der Waals surface area contributed by atoms with Crippen molar-refractivity contribution in [2.24, 2.45) is 0 Å². The maximum absolute atomic E-state index is 13.7. The maximum atomic E-state index is 13.7. The van der Waals surface area contributed by atoms with E-state index in [9.17, 15) is 31.2 Å². The predicted octanol–water partition coefficient (Wildman–Crippen LogP) is 4.30. The van der Waals surface area contributed by atoms with Crippen LogP contribution >= 0.6 is 23.2 Å². The number of amides is 2. The number of carbonyl (C=O) groups is 2. The Balaban J connectivity index is 1.66. The molecule has 1 aliphatic heterocycles. The fourth-order valence-corrected chi connectivity index (χ4v) is 5.44. The minimum absolute atomic E-state index is 0.0905. The lowest BCUT2D eigenvalue weighted by Gasteiger charge is -2.26. The van der Waals surface area contributed by atoms with Gasteiger partial charge in [0.15, 0.2) is 9.84 Å². The van der Waals surface area contributed by atoms with Crippen LogP contribution in [0.5, 0.6) is 0 Å². The van der Waals surface area contributed by atoms with Gasteiger partial charge >= 0.3 is 6.18 Å². The lowest BCUT2D eigenvalue weighted by Crippen LogP contribution is -2.54. The topological polar surface area (TPSA) is 92.3 Å². The van der Waals surface area contributed by atoms with Crippen LogP contribution in [0.25, 0.3) is 6.08 Å². The first-order valence-electron chi connectivity index (χ1n) is 10.3. The monoisotopic (exact) mass is 548 g/mol. The highest BCUT2D eigenvalue weighted by Gasteiger charge is 2.39. The van der Waals surface area contributed by atoms with Gasteiger partial charge in [-0.15, -0.1) is 0 Å². The third-order valence-electron chi connectivity index (χ3n) is 5.26. The molecule has 0 aliphatic carbocycles. The Morgan fingerprint density at radius 2 is 1.74 bits per heavy atom. The van der Waals surface area contributed by atoms with Crippen LogP contribution in [0.1, 0.15) is 33.0 Å². The molecule has 2 aromatic carbocycles. The van der Waals surface area contributed by atoms with Crippen molar-refractivity contribution in [2.75, 3.05) is 18.1 Å². The Morgan fingerprint density at radius 1 is 1.11 bits per heavy atom. The van der Waals surface area contributed by atoms with Crippen molar-refractivity contribution in [1.29, 1.82) is 0 Å². The van der Waals surface area contributed by atoms with Gasteiger partial charge in [-0.2, -0.15) is 13.2 Å². The zero-order valence-electron chi connectivity index (χ0n) is 18.3. The zero-order valence-corrected chi connectivity index (χ0v) is 20.7. The molecule has 0 spiro atoms. The number of rotatable bonds is 7. The molecule has 1 saturated heterocycles. The van der Waals surface area contributed by atoms with E-state index < -0.39 is 39.8 Å². The van der Waals surface area contributed by atoms with Crippen LogP contribution in [0.15, 0.2) is 42.5 Å². The Kier molecular flexibility index (Phi) is 8.18. The highest BCUT2D eigenvalue weighted by Crippen LogP contribution is 2.38. The van der Waals surface area contributed by atoms with Gasteiger partial charge in [-0.3, -0.25) is 9.59 Å². The number of nitrogens with one attached hydrogen (secondary N) is 2. The van der Waals surface area contributed by atoms with E-state index in [-0.39, 0.29) is 39.2 Å². The van der Waals surface area contributed by atoms with Gasteiger partial charge in [0.1, 0.15) is 0 Å². The van der Waals surface area contributed by atoms with Crippen molar-refractivity contribution >= 4 is 50.9 Å². The fourth-order valence-electron chi connectivity index (χ4n) is 3.60. The summed E-state index contributed by atoms with van der Waals surface area (Å²) >= 11 is 11.7. The van der Waals surface area contributed by atoms with Gasteiger partial charge in [-0.05, 0) is 47.9 Å². The quantitative estimate of drug-likeness (QED) is 0.539. The van der Waals surface area contributed by atoms with Crippen LogP contribution in [-0.2, 0) is 14.6 Å². The molecule has 188 valence electrons. The molecule has 12 heteroatoms. The van der Waals surface area contributed by atoms with Gasteiger partial charge in [0, 0.05) is 15.6 Å². The van der Waals surface area contributed by atoms with E-state index in [0.29, 0.717) is 11.1 Å². The second kappa shape index (κ2) is 10.6. The molecule has 1 heterocycles. The smallest absolute Gasteiger partial charge is 0.350 e. The summed E-state index contributed by atoms with van der Waals surface area (Å²) in [5.41, 5.74) is 1.07. The Morgan fingerprint density at radius 3 is 2.29 bits per heavy atom. The summed E-state index contributed by atoms with van der Waals surface area (Å²) < 4.78 is 63.3. The zero-order chi connectivity index (χ0) is 26.0. The summed E-state index contributed by atoms with van der Waals surface area (Å²) in [6.07, 6.45) is -2.30. The van der Waals surface area contributed by atoms with Crippen molar-refractivity contribution < 1.29 is 31.2 Å². The first kappa shape index (κ1) is 27.0. The van der Waals surface area contributed by atoms with E-state index in [1.165, 1.54) is 36.4 Å². The van der Waals surface area contributed by atoms with Crippen LogP contribution in [0, 0.1) is 6.92 Å². The van der Waals surface area contributed by atoms with Crippen molar-refractivity contribution in [3.05, 3.63) is 74.8 Å². The van der Waals surface area contributed by atoms with E-state index in [2.05, 4.69) is 10.6 Å². The van der Waals surface area contributed by atoms with E-state index in [1.54, 1.807) is 13.0 Å². The van der Waals surface area contributed by atoms with E-state index in [1.807, 2.05) is 0 Å². The fraction of sp³-hybridized carbons (Fsp3) is 0.304. The average Bonchev–Trinajstić information content (AvgIpc) is 2.69. The van der Waals surface area contributed by atoms with Gasteiger partial charge in [-0.25, -0.2) is 8.42 Å². The Hall–Kier alpha value is -2.56. The van der Waals surface area contributed by atoms with Gasteiger partial charge in [0.25, 0.3) is 5.91 Å². The molecule has 1 unspecified atom stereocenters. The number of allylic oxidation sites excluding steroid dienone is 1. The van der Waals surface area contributed by atoms with Gasteiger partial charge < -0.3 is 10.6 Å². The van der Waals surface area contributed by atoms with E-state index in [0.717, 1.165) is 6.08 Å². The minimum Gasteiger partial charge on any atom is -0.350 e. The minimum atomic E-state index is -4.58. The van der Waals surface area contributed by atoms with Crippen LogP contribution in [0.2, 0.25) is 10.0 Å². The summed E-state index contributed by atoms with van der Waals surface area (Å²) in [6, 6.07) is 7.76. The second-order valence-electron chi connectivity index (χ2n) is 8.18. The summed E-state index contributed by atoms with van der Waals surface area (Å²) in [6.45, 7) is 1.27. The molecular formula is C23H21Cl2F3N2O4S. The van der Waals surface area contributed by atoms with Crippen LogP contribution in [0.3, 0.4) is 0 Å². The molecule has 1 fully saturated rings. The second-order valence-corrected chi connectivity index (χ2v) is 11.2. The number of halogens is 5. The molecule has 2 N–H and O–H groups in total. The molecule has 1 atom stereocenters. The number of benzene rings is 2. The lowest BCUT2D eigenvalue weighted by atomic mass is 9.96. The molecule has 2 amide bonds. The predicted molar refractivity (Wildman–Crippen MR) is 128 cm³/mol. The number of sulfone groups is 1. The molecule has 0 saturated carbocycles. The molecule has 35 heavy (non-hydrogen) atoms. The van der Waals surface area contributed by atoms with E-state index >= 15 is 0 Å². The molecular weight excluding hydrogens is 528 g/mol. The van der Waals surface area contributed by atoms with Crippen LogP contribution < -0.4 is 10.6 Å². The van der Waals surface area contributed by atoms with Crippen molar-refractivity contribution in [3.8, 4) is 0 Å². The van der Waals surface area contributed by atoms with Gasteiger partial charge in [0.2, 0.25) is 5.91 Å². The molecule has 0 radical (unpaired) electrons. The van der Waals surface area contributed by atoms with Crippen LogP contribution in [-0.4, -0.2) is 50.5 Å². The van der Waals surface area contributed by atoms with Gasteiger partial charge in [0.05, 0.1) is 30.0 Å². The number of carbonyl (C=O) groups excluding carboxylic acids is 2. The molecule has 6 nitrogen and oxygen atoms in total. The van der Waals surface area contributed by atoms with Crippen molar-refractivity contribution in [2.45, 2.75) is 25.1 Å². The summed E-state index contributed by atoms with van der Waals surface area (Å²) in [5.74, 6) is -3.25. The van der Waals surface area contributed by atoms with E-state index in [4.69, 9.17) is 23.2 Å². The highest BCUT2D eigenvalue weighted by atomic mass is 35.5. The molecule has 2 aromatic rings. The largest absolute Gasteiger partial charge is 0.399 e.